The molecule has 0 bridgehead atoms. The molecule has 0 aliphatic heterocycles. The molecule has 0 fully saturated rings. The number of pyridine rings is 1. The quantitative estimate of drug-likeness (QED) is 0.599. The lowest BCUT2D eigenvalue weighted by atomic mass is 10.2. The van der Waals surface area contributed by atoms with Gasteiger partial charge >= 0.3 is 0 Å². The van der Waals surface area contributed by atoms with Crippen LogP contribution in [0.1, 0.15) is 23.4 Å². The van der Waals surface area contributed by atoms with Crippen molar-refractivity contribution in [2.24, 2.45) is 0 Å². The molecule has 0 aliphatic rings. The summed E-state index contributed by atoms with van der Waals surface area (Å²) in [7, 11) is 0. The van der Waals surface area contributed by atoms with Crippen molar-refractivity contribution in [2.45, 2.75) is 19.2 Å². The first-order valence-corrected chi connectivity index (χ1v) is 5.17. The van der Waals surface area contributed by atoms with Gasteiger partial charge in [0.15, 0.2) is 0 Å². The first-order valence-electron chi connectivity index (χ1n) is 3.56. The number of nitrogens with zero attached hydrogens (tertiary/aromatic N) is 1. The highest BCUT2D eigenvalue weighted by Gasteiger charge is 2.13. The Balaban J connectivity index is 3.22. The van der Waals surface area contributed by atoms with Crippen LogP contribution in [0.5, 0.6) is 0 Å². The lowest BCUT2D eigenvalue weighted by molar-refractivity contribution is 0.145. The minimum absolute atomic E-state index is 0.169. The predicted octanol–water partition coefficient (Wildman–Crippen LogP) is 3.67. The maximum atomic E-state index is 12.3. The third kappa shape index (κ3) is 2.49. The number of rotatable bonds is 2. The molecule has 1 aromatic heterocycles. The average molecular weight is 318 g/mol. The van der Waals surface area contributed by atoms with Crippen LogP contribution >= 0.6 is 34.2 Å². The minimum Gasteiger partial charge on any atom is -0.250 e. The van der Waals surface area contributed by atoms with Crippen LogP contribution in [0.25, 0.3) is 0 Å². The maximum absolute atomic E-state index is 12.3. The summed E-state index contributed by atoms with van der Waals surface area (Å²) in [6.45, 7) is 1.82. The fraction of sp³-hybridized carbons (Fsp3) is 0.375. The van der Waals surface area contributed by atoms with E-state index in [0.717, 1.165) is 9.13 Å². The van der Waals surface area contributed by atoms with Gasteiger partial charge in [-0.15, -0.1) is 11.6 Å². The molecule has 1 rings (SSSR count). The minimum atomic E-state index is -2.53. The molecule has 0 aliphatic carbocycles. The molecule has 0 radical (unpaired) electrons. The Bertz CT molecular complexity index is 317. The Hall–Kier alpha value is 0.0300. The zero-order valence-corrected chi connectivity index (χ0v) is 9.73. The van der Waals surface area contributed by atoms with Gasteiger partial charge in [-0.05, 0) is 41.1 Å². The van der Waals surface area contributed by atoms with Gasteiger partial charge in [0.05, 0.1) is 11.6 Å². The first-order chi connectivity index (χ1) is 6.06. The molecular formula is C8H7ClF2IN. The SMILES string of the molecule is Cc1c(I)cc(C(F)F)nc1CCl. The van der Waals surface area contributed by atoms with Gasteiger partial charge in [-0.1, -0.05) is 0 Å². The Kier molecular flexibility index (Phi) is 3.85. The normalized spacial score (nSPS) is 10.9. The van der Waals surface area contributed by atoms with Gasteiger partial charge in [-0.2, -0.15) is 0 Å². The number of aromatic nitrogens is 1. The van der Waals surface area contributed by atoms with Gasteiger partial charge in [0.25, 0.3) is 6.43 Å². The third-order valence-corrected chi connectivity index (χ3v) is 3.05. The van der Waals surface area contributed by atoms with E-state index < -0.39 is 6.43 Å². The van der Waals surface area contributed by atoms with Crippen LogP contribution in [0.15, 0.2) is 6.07 Å². The zero-order chi connectivity index (χ0) is 10.0. The Labute approximate surface area is 93.6 Å². The fourth-order valence-corrected chi connectivity index (χ4v) is 1.78. The van der Waals surface area contributed by atoms with Gasteiger partial charge in [-0.3, -0.25) is 4.98 Å². The molecule has 0 saturated heterocycles. The summed E-state index contributed by atoms with van der Waals surface area (Å²) in [5, 5.41) is 0. The second-order valence-electron chi connectivity index (χ2n) is 2.53. The monoisotopic (exact) mass is 317 g/mol. The summed E-state index contributed by atoms with van der Waals surface area (Å²) in [6, 6.07) is 1.39. The molecule has 0 atom stereocenters. The summed E-state index contributed by atoms with van der Waals surface area (Å²) in [5.41, 5.74) is 1.20. The standard InChI is InChI=1S/C8H7ClF2IN/c1-4-5(12)2-6(8(10)11)13-7(4)3-9/h2,8H,3H2,1H3. The second-order valence-corrected chi connectivity index (χ2v) is 3.96. The van der Waals surface area contributed by atoms with Crippen molar-refractivity contribution in [3.05, 3.63) is 26.6 Å². The maximum Gasteiger partial charge on any atom is 0.280 e. The van der Waals surface area contributed by atoms with Crippen molar-refractivity contribution >= 4 is 34.2 Å². The Morgan fingerprint density at radius 1 is 1.62 bits per heavy atom. The smallest absolute Gasteiger partial charge is 0.250 e. The van der Waals surface area contributed by atoms with E-state index in [-0.39, 0.29) is 11.6 Å². The van der Waals surface area contributed by atoms with Gasteiger partial charge in [0.1, 0.15) is 5.69 Å². The fourth-order valence-electron chi connectivity index (χ4n) is 0.890. The Morgan fingerprint density at radius 2 is 2.23 bits per heavy atom. The molecule has 0 spiro atoms. The highest BCUT2D eigenvalue weighted by Crippen LogP contribution is 2.23. The molecule has 0 N–H and O–H groups in total. The van der Waals surface area contributed by atoms with Gasteiger partial charge in [0, 0.05) is 3.57 Å². The summed E-state index contributed by atoms with van der Waals surface area (Å²) < 4.78 is 25.3. The predicted molar refractivity (Wildman–Crippen MR) is 56.2 cm³/mol. The molecule has 13 heavy (non-hydrogen) atoms. The zero-order valence-electron chi connectivity index (χ0n) is 6.82. The van der Waals surface area contributed by atoms with E-state index in [1.54, 1.807) is 0 Å². The summed E-state index contributed by atoms with van der Waals surface area (Å²) in [4.78, 5) is 3.76. The lowest BCUT2D eigenvalue weighted by Gasteiger charge is -2.07. The van der Waals surface area contributed by atoms with Crippen LogP contribution < -0.4 is 0 Å². The van der Waals surface area contributed by atoms with E-state index >= 15 is 0 Å². The van der Waals surface area contributed by atoms with Crippen LogP contribution in [0, 0.1) is 10.5 Å². The summed E-state index contributed by atoms with van der Waals surface area (Å²) >= 11 is 7.57. The highest BCUT2D eigenvalue weighted by molar-refractivity contribution is 14.1. The van der Waals surface area contributed by atoms with E-state index in [1.165, 1.54) is 6.07 Å². The first kappa shape index (κ1) is 11.1. The van der Waals surface area contributed by atoms with Crippen molar-refractivity contribution in [3.8, 4) is 0 Å². The summed E-state index contributed by atoms with van der Waals surface area (Å²) in [5.74, 6) is 0.169. The molecule has 0 aromatic carbocycles. The van der Waals surface area contributed by atoms with Crippen molar-refractivity contribution in [3.63, 3.8) is 0 Å². The largest absolute Gasteiger partial charge is 0.280 e. The topological polar surface area (TPSA) is 12.9 Å². The second kappa shape index (κ2) is 4.50. The molecule has 72 valence electrons. The van der Waals surface area contributed by atoms with Gasteiger partial charge < -0.3 is 0 Å². The Morgan fingerprint density at radius 3 is 2.69 bits per heavy atom. The molecule has 1 aromatic rings. The molecule has 1 nitrogen and oxygen atoms in total. The van der Waals surface area contributed by atoms with Crippen molar-refractivity contribution < 1.29 is 8.78 Å². The molecule has 0 unspecified atom stereocenters. The molecule has 0 saturated carbocycles. The van der Waals surface area contributed by atoms with Crippen LogP contribution in [0.4, 0.5) is 8.78 Å². The van der Waals surface area contributed by atoms with E-state index in [4.69, 9.17) is 11.6 Å². The van der Waals surface area contributed by atoms with Crippen LogP contribution in [-0.2, 0) is 5.88 Å². The van der Waals surface area contributed by atoms with Crippen molar-refractivity contribution in [1.29, 1.82) is 0 Å². The van der Waals surface area contributed by atoms with Gasteiger partial charge in [-0.25, -0.2) is 8.78 Å². The number of halogens is 4. The number of hydrogen-bond donors (Lipinski definition) is 0. The van der Waals surface area contributed by atoms with E-state index in [0.29, 0.717) is 5.69 Å². The number of alkyl halides is 3. The van der Waals surface area contributed by atoms with E-state index in [9.17, 15) is 8.78 Å². The lowest BCUT2D eigenvalue weighted by Crippen LogP contribution is -1.99. The highest BCUT2D eigenvalue weighted by atomic mass is 127. The molecule has 5 heteroatoms. The van der Waals surface area contributed by atoms with Crippen LogP contribution in [-0.4, -0.2) is 4.98 Å². The number of hydrogen-bond acceptors (Lipinski definition) is 1. The summed E-state index contributed by atoms with van der Waals surface area (Å²) in [6.07, 6.45) is -2.53. The van der Waals surface area contributed by atoms with Crippen LogP contribution in [0.2, 0.25) is 0 Å². The van der Waals surface area contributed by atoms with Crippen LogP contribution in [0.3, 0.4) is 0 Å². The van der Waals surface area contributed by atoms with Crippen molar-refractivity contribution in [2.75, 3.05) is 0 Å². The van der Waals surface area contributed by atoms with Gasteiger partial charge in [0.2, 0.25) is 0 Å². The molecule has 0 amide bonds. The van der Waals surface area contributed by atoms with E-state index in [2.05, 4.69) is 4.98 Å². The third-order valence-electron chi connectivity index (χ3n) is 1.68. The molecular weight excluding hydrogens is 310 g/mol. The van der Waals surface area contributed by atoms with E-state index in [1.807, 2.05) is 29.5 Å². The average Bonchev–Trinajstić information content (AvgIpc) is 2.09. The van der Waals surface area contributed by atoms with Crippen molar-refractivity contribution in [1.82, 2.24) is 4.98 Å². The molecule has 1 heterocycles.